The van der Waals surface area contributed by atoms with Crippen LogP contribution in [0, 0.1) is 5.82 Å². The van der Waals surface area contributed by atoms with Gasteiger partial charge in [-0.05, 0) is 24.6 Å². The summed E-state index contributed by atoms with van der Waals surface area (Å²) in [5.74, 6) is -0.588. The Kier molecular flexibility index (Phi) is 4.87. The molecule has 0 N–H and O–H groups in total. The minimum absolute atomic E-state index is 0.0146. The molecule has 0 aliphatic rings. The molecule has 0 spiro atoms. The first kappa shape index (κ1) is 13.4. The Labute approximate surface area is 98.3 Å². The van der Waals surface area contributed by atoms with Gasteiger partial charge in [0.05, 0.1) is 7.11 Å². The zero-order valence-electron chi connectivity index (χ0n) is 9.70. The number of rotatable bonds is 4. The fourth-order valence-electron chi connectivity index (χ4n) is 1.40. The summed E-state index contributed by atoms with van der Waals surface area (Å²) in [6.45, 7) is 1.81. The van der Waals surface area contributed by atoms with Gasteiger partial charge in [0.1, 0.15) is 17.7 Å². The van der Waals surface area contributed by atoms with Gasteiger partial charge in [0.25, 0.3) is 0 Å². The van der Waals surface area contributed by atoms with Crippen LogP contribution in [0.4, 0.5) is 13.6 Å². The number of hydrogen-bond donors (Lipinski definition) is 0. The summed E-state index contributed by atoms with van der Waals surface area (Å²) in [5, 5.41) is 0. The van der Waals surface area contributed by atoms with Gasteiger partial charge in [-0.25, -0.2) is 13.6 Å². The van der Waals surface area contributed by atoms with E-state index in [0.717, 1.165) is 19.2 Å². The van der Waals surface area contributed by atoms with Crippen molar-refractivity contribution < 1.29 is 23.0 Å². The van der Waals surface area contributed by atoms with Crippen LogP contribution in [-0.4, -0.2) is 13.3 Å². The molecule has 17 heavy (non-hydrogen) atoms. The number of carbonyl (C=O) groups is 1. The van der Waals surface area contributed by atoms with E-state index >= 15 is 0 Å². The highest BCUT2D eigenvalue weighted by atomic mass is 19.1. The molecule has 0 saturated carbocycles. The fraction of sp³-hybridized carbons (Fsp3) is 0.417. The van der Waals surface area contributed by atoms with E-state index in [1.165, 1.54) is 6.07 Å². The zero-order valence-corrected chi connectivity index (χ0v) is 9.70. The summed E-state index contributed by atoms with van der Waals surface area (Å²) in [6, 6.07) is 3.34. The van der Waals surface area contributed by atoms with E-state index in [-0.39, 0.29) is 17.7 Å². The quantitative estimate of drug-likeness (QED) is 0.597. The fourth-order valence-corrected chi connectivity index (χ4v) is 1.40. The van der Waals surface area contributed by atoms with Crippen molar-refractivity contribution in [2.45, 2.75) is 25.9 Å². The largest absolute Gasteiger partial charge is 0.513 e. The van der Waals surface area contributed by atoms with Crippen LogP contribution in [-0.2, 0) is 4.74 Å². The van der Waals surface area contributed by atoms with E-state index in [1.54, 1.807) is 0 Å². The lowest BCUT2D eigenvalue weighted by Gasteiger charge is -2.12. The van der Waals surface area contributed by atoms with Gasteiger partial charge in [-0.1, -0.05) is 13.3 Å². The van der Waals surface area contributed by atoms with Gasteiger partial charge in [-0.2, -0.15) is 0 Å². The number of ether oxygens (including phenoxy) is 2. The molecule has 1 rings (SSSR count). The molecule has 1 atom stereocenters. The smallest absolute Gasteiger partial charge is 0.437 e. The molecule has 0 amide bonds. The topological polar surface area (TPSA) is 35.5 Å². The molecule has 5 heteroatoms. The van der Waals surface area contributed by atoms with Crippen LogP contribution in [0.2, 0.25) is 0 Å². The van der Waals surface area contributed by atoms with Crippen molar-refractivity contribution in [3.63, 3.8) is 0 Å². The van der Waals surface area contributed by atoms with Crippen LogP contribution in [0.15, 0.2) is 18.2 Å². The summed E-state index contributed by atoms with van der Waals surface area (Å²) in [4.78, 5) is 10.9. The second-order valence-electron chi connectivity index (χ2n) is 3.49. The highest BCUT2D eigenvalue weighted by molar-refractivity contribution is 5.64. The average molecular weight is 244 g/mol. The Bertz CT molecular complexity index is 393. The van der Waals surface area contributed by atoms with Crippen molar-refractivity contribution in [3.8, 4) is 5.75 Å². The number of benzene rings is 1. The molecule has 3 nitrogen and oxygen atoms in total. The highest BCUT2D eigenvalue weighted by Crippen LogP contribution is 2.31. The molecule has 0 bridgehead atoms. The third-order valence-corrected chi connectivity index (χ3v) is 2.21. The molecule has 1 aromatic rings. The van der Waals surface area contributed by atoms with E-state index in [9.17, 15) is 13.6 Å². The Morgan fingerprint density at radius 3 is 2.76 bits per heavy atom. The molecule has 0 radical (unpaired) electrons. The van der Waals surface area contributed by atoms with Gasteiger partial charge >= 0.3 is 6.16 Å². The van der Waals surface area contributed by atoms with Crippen LogP contribution in [0.1, 0.15) is 31.5 Å². The van der Waals surface area contributed by atoms with Gasteiger partial charge in [-0.3, -0.25) is 0 Å². The normalized spacial score (nSPS) is 12.0. The summed E-state index contributed by atoms with van der Waals surface area (Å²) in [5.41, 5.74) is 0.0252. The van der Waals surface area contributed by atoms with Crippen LogP contribution < -0.4 is 4.74 Å². The van der Waals surface area contributed by atoms with Crippen LogP contribution >= 0.6 is 0 Å². The lowest BCUT2D eigenvalue weighted by Crippen LogP contribution is -2.09. The van der Waals surface area contributed by atoms with Gasteiger partial charge in [-0.15, -0.1) is 0 Å². The van der Waals surface area contributed by atoms with Gasteiger partial charge < -0.3 is 9.47 Å². The molecule has 0 aromatic heterocycles. The Balaban J connectivity index is 2.98. The molecular formula is C12H14F2O3. The van der Waals surface area contributed by atoms with Crippen molar-refractivity contribution in [2.24, 2.45) is 0 Å². The lowest BCUT2D eigenvalue weighted by molar-refractivity contribution is 0.120. The third kappa shape index (κ3) is 3.69. The second-order valence-corrected chi connectivity index (χ2v) is 3.49. The van der Waals surface area contributed by atoms with Crippen LogP contribution in [0.5, 0.6) is 5.75 Å². The molecule has 1 aromatic carbocycles. The van der Waals surface area contributed by atoms with Crippen molar-refractivity contribution >= 4 is 6.16 Å². The predicted molar refractivity (Wildman–Crippen MR) is 58.2 cm³/mol. The molecule has 0 aliphatic carbocycles. The monoisotopic (exact) mass is 244 g/mol. The first-order valence-electron chi connectivity index (χ1n) is 5.27. The van der Waals surface area contributed by atoms with E-state index in [0.29, 0.717) is 6.42 Å². The zero-order chi connectivity index (χ0) is 12.8. The summed E-state index contributed by atoms with van der Waals surface area (Å²) >= 11 is 0. The summed E-state index contributed by atoms with van der Waals surface area (Å²) in [6.07, 6.45) is -1.48. The van der Waals surface area contributed by atoms with Crippen molar-refractivity contribution in [1.29, 1.82) is 0 Å². The number of halogens is 2. The minimum Gasteiger partial charge on any atom is -0.437 e. The minimum atomic E-state index is -1.37. The van der Waals surface area contributed by atoms with Gasteiger partial charge in [0.2, 0.25) is 0 Å². The Hall–Kier alpha value is -1.65. The number of carbonyl (C=O) groups excluding carboxylic acids is 1. The first-order valence-corrected chi connectivity index (χ1v) is 5.27. The summed E-state index contributed by atoms with van der Waals surface area (Å²) in [7, 11) is 1.14. The first-order chi connectivity index (χ1) is 8.08. The highest BCUT2D eigenvalue weighted by Gasteiger charge is 2.18. The predicted octanol–water partition coefficient (Wildman–Crippen LogP) is 3.78. The standard InChI is InChI=1S/C12H14F2O3/c1-3-4-10(14)9-7-8(13)5-6-11(9)17-12(15)16-2/h5-7,10H,3-4H2,1-2H3. The summed E-state index contributed by atoms with van der Waals surface area (Å²) < 4.78 is 35.8. The third-order valence-electron chi connectivity index (χ3n) is 2.21. The number of methoxy groups -OCH3 is 1. The number of hydrogen-bond acceptors (Lipinski definition) is 3. The van der Waals surface area contributed by atoms with E-state index < -0.39 is 18.1 Å². The second kappa shape index (κ2) is 6.18. The molecular weight excluding hydrogens is 230 g/mol. The number of alkyl halides is 1. The maximum Gasteiger partial charge on any atom is 0.513 e. The molecule has 0 fully saturated rings. The Morgan fingerprint density at radius 1 is 1.47 bits per heavy atom. The van der Waals surface area contributed by atoms with Crippen molar-refractivity contribution in [3.05, 3.63) is 29.6 Å². The lowest BCUT2D eigenvalue weighted by atomic mass is 10.1. The maximum atomic E-state index is 13.7. The molecule has 1 unspecified atom stereocenters. The molecule has 0 heterocycles. The molecule has 0 aliphatic heterocycles. The molecule has 0 saturated heterocycles. The van der Waals surface area contributed by atoms with Crippen molar-refractivity contribution in [2.75, 3.05) is 7.11 Å². The van der Waals surface area contributed by atoms with Crippen LogP contribution in [0.3, 0.4) is 0 Å². The maximum absolute atomic E-state index is 13.7. The SMILES string of the molecule is CCCC(F)c1cc(F)ccc1OC(=O)OC. The van der Waals surface area contributed by atoms with E-state index in [4.69, 9.17) is 4.74 Å². The van der Waals surface area contributed by atoms with E-state index in [1.807, 2.05) is 6.92 Å². The van der Waals surface area contributed by atoms with Crippen LogP contribution in [0.25, 0.3) is 0 Å². The van der Waals surface area contributed by atoms with Gasteiger partial charge in [0, 0.05) is 5.56 Å². The Morgan fingerprint density at radius 2 is 2.18 bits per heavy atom. The van der Waals surface area contributed by atoms with Crippen molar-refractivity contribution in [1.82, 2.24) is 0 Å². The van der Waals surface area contributed by atoms with E-state index in [2.05, 4.69) is 4.74 Å². The molecule has 94 valence electrons. The van der Waals surface area contributed by atoms with Gasteiger partial charge in [0.15, 0.2) is 0 Å². The average Bonchev–Trinajstić information content (AvgIpc) is 2.31.